The van der Waals surface area contributed by atoms with Gasteiger partial charge in [-0.25, -0.2) is 0 Å². The highest BCUT2D eigenvalue weighted by Gasteiger charge is 2.18. The molecule has 1 aromatic carbocycles. The van der Waals surface area contributed by atoms with Gasteiger partial charge in [0.05, 0.1) is 17.3 Å². The summed E-state index contributed by atoms with van der Waals surface area (Å²) in [7, 11) is 1.70. The molecule has 3 aromatic rings. The Hall–Kier alpha value is -1.78. The molecule has 21 heavy (non-hydrogen) atoms. The zero-order valence-corrected chi connectivity index (χ0v) is 12.9. The van der Waals surface area contributed by atoms with Crippen LogP contribution >= 0.6 is 11.3 Å². The molecule has 0 unspecified atom stereocenters. The van der Waals surface area contributed by atoms with E-state index in [0.29, 0.717) is 0 Å². The number of aromatic nitrogens is 1. The minimum atomic E-state index is 0.899. The van der Waals surface area contributed by atoms with Gasteiger partial charge in [-0.2, -0.15) is 0 Å². The van der Waals surface area contributed by atoms with Crippen molar-refractivity contribution in [2.24, 2.45) is 0 Å². The lowest BCUT2D eigenvalue weighted by Gasteiger charge is -2.08. The Morgan fingerprint density at radius 1 is 1.10 bits per heavy atom. The van der Waals surface area contributed by atoms with Gasteiger partial charge in [-0.1, -0.05) is 0 Å². The number of thiophene rings is 1. The molecule has 0 saturated heterocycles. The fraction of sp³-hybridized carbons (Fsp3) is 0.294. The molecule has 0 amide bonds. The van der Waals surface area contributed by atoms with Crippen molar-refractivity contribution >= 4 is 21.6 Å². The number of fused-ring (bicyclic) bond motifs is 3. The van der Waals surface area contributed by atoms with Crippen molar-refractivity contribution in [3.63, 3.8) is 0 Å². The SMILES string of the molecule is COc1ccc(-n2ccc3sc4c(c32)CCNCC4)cc1. The van der Waals surface area contributed by atoms with Crippen LogP contribution in [0.25, 0.3) is 15.9 Å². The van der Waals surface area contributed by atoms with E-state index in [-0.39, 0.29) is 0 Å². The van der Waals surface area contributed by atoms with Crippen molar-refractivity contribution in [1.29, 1.82) is 0 Å². The fourth-order valence-corrected chi connectivity index (χ4v) is 4.31. The Morgan fingerprint density at radius 2 is 1.90 bits per heavy atom. The molecule has 1 aliphatic rings. The third-order valence-corrected chi connectivity index (χ3v) is 5.38. The van der Waals surface area contributed by atoms with Crippen molar-refractivity contribution < 1.29 is 4.74 Å². The van der Waals surface area contributed by atoms with Crippen molar-refractivity contribution in [3.8, 4) is 11.4 Å². The first-order chi connectivity index (χ1) is 10.4. The van der Waals surface area contributed by atoms with Gasteiger partial charge in [-0.05, 0) is 61.8 Å². The van der Waals surface area contributed by atoms with E-state index >= 15 is 0 Å². The summed E-state index contributed by atoms with van der Waals surface area (Å²) >= 11 is 1.95. The van der Waals surface area contributed by atoms with Crippen LogP contribution in [0.3, 0.4) is 0 Å². The smallest absolute Gasteiger partial charge is 0.119 e. The molecular formula is C17H18N2OS. The average molecular weight is 298 g/mol. The third kappa shape index (κ3) is 2.15. The number of methoxy groups -OCH3 is 1. The van der Waals surface area contributed by atoms with E-state index in [9.17, 15) is 0 Å². The molecule has 0 fully saturated rings. The summed E-state index contributed by atoms with van der Waals surface area (Å²) < 4.78 is 8.97. The van der Waals surface area contributed by atoms with Crippen LogP contribution in [-0.4, -0.2) is 24.8 Å². The van der Waals surface area contributed by atoms with E-state index in [0.717, 1.165) is 31.7 Å². The number of nitrogens with one attached hydrogen (secondary N) is 1. The van der Waals surface area contributed by atoms with Crippen LogP contribution < -0.4 is 10.1 Å². The molecule has 0 radical (unpaired) electrons. The Labute approximate surface area is 128 Å². The van der Waals surface area contributed by atoms with Crippen molar-refractivity contribution in [1.82, 2.24) is 9.88 Å². The Kier molecular flexibility index (Phi) is 3.20. The molecule has 108 valence electrons. The maximum absolute atomic E-state index is 5.25. The Morgan fingerprint density at radius 3 is 2.71 bits per heavy atom. The Balaban J connectivity index is 1.86. The number of rotatable bonds is 2. The monoisotopic (exact) mass is 298 g/mol. The highest BCUT2D eigenvalue weighted by Crippen LogP contribution is 2.35. The van der Waals surface area contributed by atoms with Crippen LogP contribution in [0.15, 0.2) is 36.5 Å². The molecule has 0 saturated carbocycles. The number of hydrogen-bond acceptors (Lipinski definition) is 3. The van der Waals surface area contributed by atoms with Gasteiger partial charge >= 0.3 is 0 Å². The molecule has 3 nitrogen and oxygen atoms in total. The maximum atomic E-state index is 5.25. The average Bonchev–Trinajstić information content (AvgIpc) is 2.99. The first kappa shape index (κ1) is 12.9. The van der Waals surface area contributed by atoms with Gasteiger partial charge in [0, 0.05) is 16.8 Å². The van der Waals surface area contributed by atoms with Gasteiger partial charge in [0.2, 0.25) is 0 Å². The highest BCUT2D eigenvalue weighted by atomic mass is 32.1. The second-order valence-corrected chi connectivity index (χ2v) is 6.49. The predicted molar refractivity (Wildman–Crippen MR) is 88.0 cm³/mol. The normalized spacial score (nSPS) is 14.9. The molecule has 1 aliphatic heterocycles. The number of nitrogens with zero attached hydrogens (tertiary/aromatic N) is 1. The highest BCUT2D eigenvalue weighted by molar-refractivity contribution is 7.19. The topological polar surface area (TPSA) is 26.2 Å². The summed E-state index contributed by atoms with van der Waals surface area (Å²) in [6.07, 6.45) is 4.45. The zero-order chi connectivity index (χ0) is 14.2. The second kappa shape index (κ2) is 5.20. The first-order valence-electron chi connectivity index (χ1n) is 7.33. The van der Waals surface area contributed by atoms with Gasteiger partial charge in [0.25, 0.3) is 0 Å². The lowest BCUT2D eigenvalue weighted by atomic mass is 10.1. The molecular weight excluding hydrogens is 280 g/mol. The van der Waals surface area contributed by atoms with E-state index in [1.165, 1.54) is 21.5 Å². The number of benzene rings is 1. The van der Waals surface area contributed by atoms with Gasteiger partial charge in [0.15, 0.2) is 0 Å². The van der Waals surface area contributed by atoms with Gasteiger partial charge < -0.3 is 14.6 Å². The molecule has 4 heteroatoms. The summed E-state index contributed by atoms with van der Waals surface area (Å²) in [4.78, 5) is 1.55. The quantitative estimate of drug-likeness (QED) is 0.785. The largest absolute Gasteiger partial charge is 0.497 e. The standard InChI is InChI=1S/C17H18N2OS/c1-20-13-4-2-12(3-5-13)19-11-8-16-17(19)14-6-9-18-10-7-15(14)21-16/h2-5,8,11,18H,6-7,9-10H2,1H3. The van der Waals surface area contributed by atoms with E-state index in [1.807, 2.05) is 23.5 Å². The van der Waals surface area contributed by atoms with Crippen LogP contribution in [0.4, 0.5) is 0 Å². The molecule has 4 rings (SSSR count). The lowest BCUT2D eigenvalue weighted by Crippen LogP contribution is -2.16. The molecule has 3 heterocycles. The molecule has 1 N–H and O–H groups in total. The van der Waals surface area contributed by atoms with Crippen LogP contribution in [0.2, 0.25) is 0 Å². The zero-order valence-electron chi connectivity index (χ0n) is 12.1. The third-order valence-electron chi connectivity index (χ3n) is 4.14. The molecule has 0 atom stereocenters. The minimum absolute atomic E-state index is 0.899. The fourth-order valence-electron chi connectivity index (χ4n) is 3.08. The maximum Gasteiger partial charge on any atom is 0.119 e. The first-order valence-corrected chi connectivity index (χ1v) is 8.15. The molecule has 0 aliphatic carbocycles. The summed E-state index contributed by atoms with van der Waals surface area (Å²) in [5.74, 6) is 0.899. The van der Waals surface area contributed by atoms with E-state index in [2.05, 4.69) is 34.3 Å². The summed E-state index contributed by atoms with van der Waals surface area (Å²) in [5.41, 5.74) is 4.12. The summed E-state index contributed by atoms with van der Waals surface area (Å²) in [5, 5.41) is 3.49. The van der Waals surface area contributed by atoms with Gasteiger partial charge in [-0.3, -0.25) is 0 Å². The summed E-state index contributed by atoms with van der Waals surface area (Å²) in [6, 6.07) is 10.5. The van der Waals surface area contributed by atoms with Crippen LogP contribution in [0, 0.1) is 0 Å². The van der Waals surface area contributed by atoms with Crippen molar-refractivity contribution in [2.45, 2.75) is 12.8 Å². The van der Waals surface area contributed by atoms with Crippen molar-refractivity contribution in [3.05, 3.63) is 47.0 Å². The van der Waals surface area contributed by atoms with E-state index in [1.54, 1.807) is 12.0 Å². The van der Waals surface area contributed by atoms with Crippen molar-refractivity contribution in [2.75, 3.05) is 20.2 Å². The van der Waals surface area contributed by atoms with Crippen LogP contribution in [-0.2, 0) is 12.8 Å². The minimum Gasteiger partial charge on any atom is -0.497 e. The number of hydrogen-bond donors (Lipinski definition) is 1. The number of ether oxygens (including phenoxy) is 1. The molecule has 0 bridgehead atoms. The second-order valence-electron chi connectivity index (χ2n) is 5.35. The van der Waals surface area contributed by atoms with Crippen LogP contribution in [0.5, 0.6) is 5.75 Å². The summed E-state index contributed by atoms with van der Waals surface area (Å²) in [6.45, 7) is 2.17. The van der Waals surface area contributed by atoms with Gasteiger partial charge in [-0.15, -0.1) is 11.3 Å². The molecule has 2 aromatic heterocycles. The predicted octanol–water partition coefficient (Wildman–Crippen LogP) is 3.39. The van der Waals surface area contributed by atoms with Gasteiger partial charge in [0.1, 0.15) is 5.75 Å². The Bertz CT molecular complexity index is 770. The van der Waals surface area contributed by atoms with E-state index < -0.39 is 0 Å². The van der Waals surface area contributed by atoms with E-state index in [4.69, 9.17) is 4.74 Å². The van der Waals surface area contributed by atoms with Crippen LogP contribution in [0.1, 0.15) is 10.4 Å². The molecule has 0 spiro atoms. The lowest BCUT2D eigenvalue weighted by molar-refractivity contribution is 0.415.